The Morgan fingerprint density at radius 3 is 2.53 bits per heavy atom. The first kappa shape index (κ1) is 10.6. The van der Waals surface area contributed by atoms with Gasteiger partial charge in [0.2, 0.25) is 11.8 Å². The number of carbonyl (C=O) groups is 2. The van der Waals surface area contributed by atoms with Crippen molar-refractivity contribution in [2.45, 2.75) is 24.9 Å². The van der Waals surface area contributed by atoms with Gasteiger partial charge in [0.05, 0.1) is 12.5 Å². The summed E-state index contributed by atoms with van der Waals surface area (Å²) in [6.07, 6.45) is 1.37. The van der Waals surface area contributed by atoms with Gasteiger partial charge in [0, 0.05) is 19.6 Å². The van der Waals surface area contributed by atoms with Crippen LogP contribution in [0.5, 0.6) is 0 Å². The van der Waals surface area contributed by atoms with Crippen molar-refractivity contribution >= 4 is 11.8 Å². The van der Waals surface area contributed by atoms with Crippen molar-refractivity contribution in [2.75, 3.05) is 27.2 Å². The number of carbonyl (C=O) groups excluding carboxylic acids is 2. The van der Waals surface area contributed by atoms with Crippen LogP contribution in [0.15, 0.2) is 0 Å². The Morgan fingerprint density at radius 2 is 2.07 bits per heavy atom. The van der Waals surface area contributed by atoms with Crippen molar-refractivity contribution in [3.8, 4) is 0 Å². The van der Waals surface area contributed by atoms with Gasteiger partial charge in [0.25, 0.3) is 0 Å². The number of rotatable bonds is 2. The van der Waals surface area contributed by atoms with Crippen molar-refractivity contribution in [1.29, 1.82) is 0 Å². The Hall–Kier alpha value is -0.940. The molecular formula is C10H17N3O2. The molecule has 2 unspecified atom stereocenters. The lowest BCUT2D eigenvalue weighted by atomic mass is 10.2. The minimum absolute atomic E-state index is 0.0798. The average molecular weight is 211 g/mol. The summed E-state index contributed by atoms with van der Waals surface area (Å²) in [6, 6.07) is 0.0576. The first-order chi connectivity index (χ1) is 7.08. The molecule has 2 fully saturated rings. The van der Waals surface area contributed by atoms with E-state index >= 15 is 0 Å². The standard InChI is InChI=1S/C10H17N3O2/c1-12-4-3-7(6-12)11-8-5-9(14)13(2)10(8)15/h7-8,11H,3-6H2,1-2H3. The normalized spacial score (nSPS) is 33.1. The molecular weight excluding hydrogens is 194 g/mol. The first-order valence-electron chi connectivity index (χ1n) is 5.33. The maximum absolute atomic E-state index is 11.6. The highest BCUT2D eigenvalue weighted by Gasteiger charge is 2.37. The Balaban J connectivity index is 1.90. The highest BCUT2D eigenvalue weighted by atomic mass is 16.2. The summed E-state index contributed by atoms with van der Waals surface area (Å²) >= 11 is 0. The van der Waals surface area contributed by atoms with E-state index in [1.54, 1.807) is 7.05 Å². The van der Waals surface area contributed by atoms with E-state index in [1.165, 1.54) is 4.90 Å². The van der Waals surface area contributed by atoms with Crippen LogP contribution < -0.4 is 5.32 Å². The molecule has 2 atom stereocenters. The number of hydrogen-bond donors (Lipinski definition) is 1. The summed E-state index contributed by atoms with van der Waals surface area (Å²) in [4.78, 5) is 26.3. The third kappa shape index (κ3) is 2.03. The molecule has 2 heterocycles. The Kier molecular flexibility index (Phi) is 2.75. The van der Waals surface area contributed by atoms with Gasteiger partial charge in [-0.05, 0) is 20.0 Å². The summed E-state index contributed by atoms with van der Waals surface area (Å²) in [5, 5.41) is 3.27. The fraction of sp³-hybridized carbons (Fsp3) is 0.800. The molecule has 84 valence electrons. The van der Waals surface area contributed by atoms with Crippen LogP contribution in [0.25, 0.3) is 0 Å². The first-order valence-corrected chi connectivity index (χ1v) is 5.33. The predicted octanol–water partition coefficient (Wildman–Crippen LogP) is -0.963. The van der Waals surface area contributed by atoms with Gasteiger partial charge in [-0.3, -0.25) is 14.5 Å². The smallest absolute Gasteiger partial charge is 0.246 e. The Labute approximate surface area is 89.4 Å². The third-order valence-corrected chi connectivity index (χ3v) is 3.21. The largest absolute Gasteiger partial charge is 0.305 e. The monoisotopic (exact) mass is 211 g/mol. The van der Waals surface area contributed by atoms with E-state index in [2.05, 4.69) is 17.3 Å². The van der Waals surface area contributed by atoms with Crippen LogP contribution >= 0.6 is 0 Å². The molecule has 0 aromatic carbocycles. The maximum Gasteiger partial charge on any atom is 0.246 e. The van der Waals surface area contributed by atoms with E-state index in [0.29, 0.717) is 12.5 Å². The Bertz CT molecular complexity index is 292. The second kappa shape index (κ2) is 3.90. The topological polar surface area (TPSA) is 52.7 Å². The third-order valence-electron chi connectivity index (χ3n) is 3.21. The second-order valence-electron chi connectivity index (χ2n) is 4.46. The van der Waals surface area contributed by atoms with E-state index in [-0.39, 0.29) is 17.9 Å². The lowest BCUT2D eigenvalue weighted by Gasteiger charge is -2.16. The van der Waals surface area contributed by atoms with Crippen molar-refractivity contribution in [3.63, 3.8) is 0 Å². The van der Waals surface area contributed by atoms with Crippen molar-refractivity contribution < 1.29 is 9.59 Å². The lowest BCUT2D eigenvalue weighted by molar-refractivity contribution is -0.137. The maximum atomic E-state index is 11.6. The fourth-order valence-corrected chi connectivity index (χ4v) is 2.24. The zero-order valence-corrected chi connectivity index (χ0v) is 9.19. The van der Waals surface area contributed by atoms with Gasteiger partial charge >= 0.3 is 0 Å². The summed E-state index contributed by atoms with van der Waals surface area (Å²) < 4.78 is 0. The predicted molar refractivity (Wildman–Crippen MR) is 55.2 cm³/mol. The van der Waals surface area contributed by atoms with Crippen LogP contribution in [0.4, 0.5) is 0 Å². The van der Waals surface area contributed by atoms with Gasteiger partial charge in [-0.25, -0.2) is 0 Å². The quantitative estimate of drug-likeness (QED) is 0.598. The van der Waals surface area contributed by atoms with Gasteiger partial charge < -0.3 is 10.2 Å². The number of nitrogens with one attached hydrogen (secondary N) is 1. The van der Waals surface area contributed by atoms with E-state index in [9.17, 15) is 9.59 Å². The van der Waals surface area contributed by atoms with Crippen LogP contribution in [0.2, 0.25) is 0 Å². The van der Waals surface area contributed by atoms with Gasteiger partial charge in [-0.2, -0.15) is 0 Å². The molecule has 2 rings (SSSR count). The number of amides is 2. The average Bonchev–Trinajstić information content (AvgIpc) is 2.68. The molecule has 2 aliphatic rings. The SMILES string of the molecule is CN1CCC(NC2CC(=O)N(C)C2=O)C1. The number of imide groups is 1. The number of nitrogens with zero attached hydrogens (tertiary/aromatic N) is 2. The summed E-state index contributed by atoms with van der Waals surface area (Å²) in [7, 11) is 3.61. The second-order valence-corrected chi connectivity index (χ2v) is 4.46. The minimum atomic E-state index is -0.293. The van der Waals surface area contributed by atoms with Gasteiger partial charge in [0.15, 0.2) is 0 Å². The number of hydrogen-bond acceptors (Lipinski definition) is 4. The van der Waals surface area contributed by atoms with Gasteiger partial charge in [-0.15, -0.1) is 0 Å². The molecule has 0 saturated carbocycles. The molecule has 1 N–H and O–H groups in total. The summed E-state index contributed by atoms with van der Waals surface area (Å²) in [5.41, 5.74) is 0. The van der Waals surface area contributed by atoms with Crippen LogP contribution in [-0.2, 0) is 9.59 Å². The fourth-order valence-electron chi connectivity index (χ4n) is 2.24. The van der Waals surface area contributed by atoms with Crippen molar-refractivity contribution in [2.24, 2.45) is 0 Å². The molecule has 0 radical (unpaired) electrons. The molecule has 2 aliphatic heterocycles. The highest BCUT2D eigenvalue weighted by molar-refractivity contribution is 6.05. The number of likely N-dealkylation sites (N-methyl/N-ethyl adjacent to an activating group) is 2. The number of likely N-dealkylation sites (tertiary alicyclic amines) is 2. The van der Waals surface area contributed by atoms with Crippen LogP contribution in [0, 0.1) is 0 Å². The molecule has 15 heavy (non-hydrogen) atoms. The molecule has 0 spiro atoms. The molecule has 5 heteroatoms. The van der Waals surface area contributed by atoms with Crippen LogP contribution in [0.1, 0.15) is 12.8 Å². The zero-order valence-electron chi connectivity index (χ0n) is 9.19. The molecule has 2 saturated heterocycles. The molecule has 0 aromatic heterocycles. The summed E-state index contributed by atoms with van der Waals surface area (Å²) in [5.74, 6) is -0.168. The Morgan fingerprint density at radius 1 is 1.33 bits per heavy atom. The van der Waals surface area contributed by atoms with Crippen LogP contribution in [0.3, 0.4) is 0 Å². The van der Waals surface area contributed by atoms with Gasteiger partial charge in [0.1, 0.15) is 0 Å². The lowest BCUT2D eigenvalue weighted by Crippen LogP contribution is -2.44. The zero-order chi connectivity index (χ0) is 11.0. The van der Waals surface area contributed by atoms with Crippen molar-refractivity contribution in [3.05, 3.63) is 0 Å². The molecule has 0 aliphatic carbocycles. The van der Waals surface area contributed by atoms with Crippen LogP contribution in [-0.4, -0.2) is 60.9 Å². The van der Waals surface area contributed by atoms with E-state index in [4.69, 9.17) is 0 Å². The van der Waals surface area contributed by atoms with Crippen molar-refractivity contribution in [1.82, 2.24) is 15.1 Å². The molecule has 5 nitrogen and oxygen atoms in total. The van der Waals surface area contributed by atoms with E-state index in [1.807, 2.05) is 0 Å². The van der Waals surface area contributed by atoms with Gasteiger partial charge in [-0.1, -0.05) is 0 Å². The highest BCUT2D eigenvalue weighted by Crippen LogP contribution is 2.14. The van der Waals surface area contributed by atoms with E-state index in [0.717, 1.165) is 19.5 Å². The molecule has 0 aromatic rings. The molecule has 2 amide bonds. The van der Waals surface area contributed by atoms with E-state index < -0.39 is 0 Å². The summed E-state index contributed by atoms with van der Waals surface area (Å²) in [6.45, 7) is 2.02. The minimum Gasteiger partial charge on any atom is -0.305 e. The molecule has 0 bridgehead atoms.